The number of methoxy groups -OCH3 is 1. The highest BCUT2D eigenvalue weighted by Gasteiger charge is 2.19. The molecule has 1 saturated heterocycles. The Labute approximate surface area is 173 Å². The molecule has 2 aromatic heterocycles. The van der Waals surface area contributed by atoms with E-state index in [0.29, 0.717) is 21.3 Å². The number of amides is 1. The Kier molecular flexibility index (Phi) is 5.42. The van der Waals surface area contributed by atoms with Crippen LogP contribution in [0.15, 0.2) is 36.5 Å². The van der Waals surface area contributed by atoms with Crippen LogP contribution in [-0.4, -0.2) is 31.1 Å². The second-order valence-electron chi connectivity index (χ2n) is 7.14. The van der Waals surface area contributed by atoms with Crippen molar-refractivity contribution in [1.82, 2.24) is 4.98 Å². The summed E-state index contributed by atoms with van der Waals surface area (Å²) < 4.78 is 6.19. The van der Waals surface area contributed by atoms with Crippen molar-refractivity contribution in [2.75, 3.05) is 30.4 Å². The summed E-state index contributed by atoms with van der Waals surface area (Å²) in [6.07, 6.45) is 4.08. The van der Waals surface area contributed by atoms with Gasteiger partial charge < -0.3 is 15.0 Å². The summed E-state index contributed by atoms with van der Waals surface area (Å²) in [4.78, 5) is 20.0. The third-order valence-electron chi connectivity index (χ3n) is 5.15. The molecule has 3 aromatic rings. The summed E-state index contributed by atoms with van der Waals surface area (Å²) in [7, 11) is 1.61. The Morgan fingerprint density at radius 2 is 2.07 bits per heavy atom. The average molecular weight is 416 g/mol. The molecule has 5 nitrogen and oxygen atoms in total. The fourth-order valence-electron chi connectivity index (χ4n) is 3.39. The zero-order valence-electron chi connectivity index (χ0n) is 15.9. The van der Waals surface area contributed by atoms with Gasteiger partial charge in [0.05, 0.1) is 24.0 Å². The predicted molar refractivity (Wildman–Crippen MR) is 116 cm³/mol. The fraction of sp³-hybridized carbons (Fsp3) is 0.333. The Balaban J connectivity index is 1.49. The maximum absolute atomic E-state index is 12.7. The van der Waals surface area contributed by atoms with Gasteiger partial charge in [-0.3, -0.25) is 4.79 Å². The number of pyridine rings is 1. The minimum Gasteiger partial charge on any atom is -0.497 e. The van der Waals surface area contributed by atoms with Crippen LogP contribution in [0.4, 0.5) is 11.5 Å². The molecule has 1 amide bonds. The van der Waals surface area contributed by atoms with E-state index in [-0.39, 0.29) is 5.91 Å². The zero-order chi connectivity index (χ0) is 19.7. The minimum absolute atomic E-state index is 0.230. The number of hydrogen-bond acceptors (Lipinski definition) is 5. The van der Waals surface area contributed by atoms with E-state index in [4.69, 9.17) is 16.3 Å². The summed E-state index contributed by atoms with van der Waals surface area (Å²) in [6.45, 7) is 4.35. The van der Waals surface area contributed by atoms with Crippen molar-refractivity contribution in [2.45, 2.75) is 19.8 Å². The molecule has 1 N–H and O–H groups in total. The maximum Gasteiger partial charge on any atom is 0.267 e. The zero-order valence-corrected chi connectivity index (χ0v) is 17.4. The number of fused-ring (bicyclic) bond motifs is 1. The number of piperidine rings is 1. The van der Waals surface area contributed by atoms with Crippen LogP contribution in [0.3, 0.4) is 0 Å². The molecular formula is C21H22ClN3O2S. The van der Waals surface area contributed by atoms with E-state index in [9.17, 15) is 4.79 Å². The fourth-order valence-corrected chi connectivity index (χ4v) is 4.78. The number of nitrogens with one attached hydrogen (secondary N) is 1. The van der Waals surface area contributed by atoms with E-state index in [0.717, 1.165) is 34.9 Å². The van der Waals surface area contributed by atoms with Crippen LogP contribution in [0.5, 0.6) is 5.75 Å². The second kappa shape index (κ2) is 7.97. The highest BCUT2D eigenvalue weighted by molar-refractivity contribution is 7.21. The first-order valence-electron chi connectivity index (χ1n) is 9.33. The van der Waals surface area contributed by atoms with Crippen LogP contribution < -0.4 is 15.0 Å². The van der Waals surface area contributed by atoms with Gasteiger partial charge in [-0.15, -0.1) is 11.3 Å². The van der Waals surface area contributed by atoms with Crippen LogP contribution in [-0.2, 0) is 0 Å². The molecular weight excluding hydrogens is 394 g/mol. The molecule has 0 aliphatic carbocycles. The third-order valence-corrected chi connectivity index (χ3v) is 6.83. The van der Waals surface area contributed by atoms with E-state index in [2.05, 4.69) is 22.1 Å². The van der Waals surface area contributed by atoms with Gasteiger partial charge in [0.25, 0.3) is 5.91 Å². The van der Waals surface area contributed by atoms with Gasteiger partial charge in [-0.2, -0.15) is 0 Å². The lowest BCUT2D eigenvalue weighted by molar-refractivity contribution is 0.103. The Morgan fingerprint density at radius 3 is 2.75 bits per heavy atom. The Morgan fingerprint density at radius 1 is 1.29 bits per heavy atom. The lowest BCUT2D eigenvalue weighted by Gasteiger charge is -2.31. The van der Waals surface area contributed by atoms with Crippen LogP contribution >= 0.6 is 22.9 Å². The van der Waals surface area contributed by atoms with Crippen molar-refractivity contribution < 1.29 is 9.53 Å². The van der Waals surface area contributed by atoms with Gasteiger partial charge in [-0.25, -0.2) is 4.98 Å². The van der Waals surface area contributed by atoms with E-state index < -0.39 is 0 Å². The first-order valence-corrected chi connectivity index (χ1v) is 10.5. The molecule has 7 heteroatoms. The monoisotopic (exact) mass is 415 g/mol. The van der Waals surface area contributed by atoms with Gasteiger partial charge in [0, 0.05) is 23.2 Å². The highest BCUT2D eigenvalue weighted by atomic mass is 35.5. The molecule has 0 atom stereocenters. The van der Waals surface area contributed by atoms with E-state index in [1.54, 1.807) is 13.3 Å². The molecule has 3 heterocycles. The number of rotatable bonds is 4. The standard InChI is InChI=1S/C21H22ClN3O2S/c1-13-7-9-25(10-8-13)18-6-3-14(12-23-18)24-21(26)20-19(22)16-11-15(27-2)4-5-17(16)28-20/h3-6,11-13H,7-10H2,1-2H3,(H,24,26). The van der Waals surface area contributed by atoms with Crippen LogP contribution in [0, 0.1) is 5.92 Å². The molecule has 0 saturated carbocycles. The number of thiophene rings is 1. The second-order valence-corrected chi connectivity index (χ2v) is 8.57. The van der Waals surface area contributed by atoms with Crippen molar-refractivity contribution >= 4 is 50.4 Å². The summed E-state index contributed by atoms with van der Waals surface area (Å²) in [6, 6.07) is 9.48. The number of anilines is 2. The van der Waals surface area contributed by atoms with Gasteiger partial charge >= 0.3 is 0 Å². The number of carbonyl (C=O) groups excluding carboxylic acids is 1. The summed E-state index contributed by atoms with van der Waals surface area (Å²) in [5.74, 6) is 2.22. The number of nitrogens with zero attached hydrogens (tertiary/aromatic N) is 2. The molecule has 4 rings (SSSR count). The molecule has 0 bridgehead atoms. The molecule has 146 valence electrons. The SMILES string of the molecule is COc1ccc2sc(C(=O)Nc3ccc(N4CCC(C)CC4)nc3)c(Cl)c2c1. The van der Waals surface area contributed by atoms with Gasteiger partial charge in [0.15, 0.2) is 0 Å². The highest BCUT2D eigenvalue weighted by Crippen LogP contribution is 2.37. The first-order chi connectivity index (χ1) is 13.5. The number of carbonyl (C=O) groups is 1. The molecule has 1 fully saturated rings. The minimum atomic E-state index is -0.230. The van der Waals surface area contributed by atoms with Crippen LogP contribution in [0.2, 0.25) is 5.02 Å². The Bertz CT molecular complexity index is 995. The van der Waals surface area contributed by atoms with E-state index in [1.807, 2.05) is 30.3 Å². The Hall–Kier alpha value is -2.31. The third kappa shape index (κ3) is 3.80. The normalized spacial score (nSPS) is 15.0. The van der Waals surface area contributed by atoms with Crippen molar-refractivity contribution in [1.29, 1.82) is 0 Å². The smallest absolute Gasteiger partial charge is 0.267 e. The van der Waals surface area contributed by atoms with Crippen LogP contribution in [0.25, 0.3) is 10.1 Å². The molecule has 1 aromatic carbocycles. The quantitative estimate of drug-likeness (QED) is 0.615. The summed E-state index contributed by atoms with van der Waals surface area (Å²) >= 11 is 7.83. The van der Waals surface area contributed by atoms with Gasteiger partial charge in [-0.05, 0) is 49.1 Å². The first kappa shape index (κ1) is 19.0. The molecule has 0 spiro atoms. The summed E-state index contributed by atoms with van der Waals surface area (Å²) in [5.41, 5.74) is 0.658. The number of aromatic nitrogens is 1. The van der Waals surface area contributed by atoms with Crippen LogP contribution in [0.1, 0.15) is 29.4 Å². The van der Waals surface area contributed by atoms with Crippen molar-refractivity contribution in [2.24, 2.45) is 5.92 Å². The van der Waals surface area contributed by atoms with Gasteiger partial charge in [-0.1, -0.05) is 18.5 Å². The number of halogens is 1. The lowest BCUT2D eigenvalue weighted by atomic mass is 9.99. The van der Waals surface area contributed by atoms with Crippen molar-refractivity contribution in [3.8, 4) is 5.75 Å². The van der Waals surface area contributed by atoms with Crippen molar-refractivity contribution in [3.63, 3.8) is 0 Å². The molecule has 0 radical (unpaired) electrons. The van der Waals surface area contributed by atoms with Gasteiger partial charge in [0.2, 0.25) is 0 Å². The number of benzene rings is 1. The van der Waals surface area contributed by atoms with Crippen molar-refractivity contribution in [3.05, 3.63) is 46.4 Å². The molecule has 28 heavy (non-hydrogen) atoms. The molecule has 0 unspecified atom stereocenters. The summed E-state index contributed by atoms with van der Waals surface area (Å²) in [5, 5.41) is 4.17. The number of ether oxygens (including phenoxy) is 1. The predicted octanol–water partition coefficient (Wildman–Crippen LogP) is 5.45. The lowest BCUT2D eigenvalue weighted by Crippen LogP contribution is -2.33. The maximum atomic E-state index is 12.7. The molecule has 1 aliphatic heterocycles. The largest absolute Gasteiger partial charge is 0.497 e. The average Bonchev–Trinajstić information content (AvgIpc) is 3.05. The van der Waals surface area contributed by atoms with E-state index in [1.165, 1.54) is 24.2 Å². The topological polar surface area (TPSA) is 54.5 Å². The van der Waals surface area contributed by atoms with E-state index >= 15 is 0 Å². The number of hydrogen-bond donors (Lipinski definition) is 1. The molecule has 1 aliphatic rings. The van der Waals surface area contributed by atoms with Gasteiger partial charge in [0.1, 0.15) is 16.4 Å².